The third-order valence-corrected chi connectivity index (χ3v) is 2.97. The summed E-state index contributed by atoms with van der Waals surface area (Å²) >= 11 is 0. The van der Waals surface area contributed by atoms with Crippen molar-refractivity contribution in [1.82, 2.24) is 9.78 Å². The quantitative estimate of drug-likeness (QED) is 0.883. The molecule has 0 unspecified atom stereocenters. The number of benzene rings is 1. The molecule has 0 spiro atoms. The van der Waals surface area contributed by atoms with Crippen molar-refractivity contribution >= 4 is 16.9 Å². The van der Waals surface area contributed by atoms with E-state index in [1.165, 1.54) is 0 Å². The maximum atomic E-state index is 10.9. The molecule has 0 saturated carbocycles. The number of hydrogen-bond donors (Lipinski definition) is 1. The van der Waals surface area contributed by atoms with E-state index < -0.39 is 11.4 Å². The highest BCUT2D eigenvalue weighted by Gasteiger charge is 2.29. The molecule has 1 aromatic heterocycles. The zero-order valence-electron chi connectivity index (χ0n) is 10.3. The smallest absolute Gasteiger partial charge is 0.304 e. The summed E-state index contributed by atoms with van der Waals surface area (Å²) in [4.78, 5) is 10.9. The normalized spacial score (nSPS) is 11.9. The molecule has 2 aromatic rings. The summed E-state index contributed by atoms with van der Waals surface area (Å²) in [5, 5.41) is 14.4. The lowest BCUT2D eigenvalue weighted by Crippen LogP contribution is -2.25. The number of carboxylic acids is 1. The number of aromatic nitrogens is 2. The molecule has 0 bridgehead atoms. The van der Waals surface area contributed by atoms with Gasteiger partial charge in [-0.15, -0.1) is 0 Å². The van der Waals surface area contributed by atoms with Gasteiger partial charge in [-0.25, -0.2) is 0 Å². The molecule has 0 amide bonds. The molecule has 4 nitrogen and oxygen atoms in total. The van der Waals surface area contributed by atoms with Crippen LogP contribution in [0.3, 0.4) is 0 Å². The first kappa shape index (κ1) is 11.6. The van der Waals surface area contributed by atoms with Crippen molar-refractivity contribution in [3.05, 3.63) is 30.0 Å². The van der Waals surface area contributed by atoms with Crippen LogP contribution in [0.4, 0.5) is 0 Å². The van der Waals surface area contributed by atoms with E-state index in [1.807, 2.05) is 45.2 Å². The number of nitrogens with zero attached hydrogens (tertiary/aromatic N) is 2. The van der Waals surface area contributed by atoms with Gasteiger partial charge in [-0.05, 0) is 6.07 Å². The molecule has 0 aliphatic rings. The van der Waals surface area contributed by atoms with Gasteiger partial charge < -0.3 is 5.11 Å². The minimum atomic E-state index is -0.791. The van der Waals surface area contributed by atoms with Gasteiger partial charge in [-0.3, -0.25) is 9.48 Å². The average molecular weight is 232 g/mol. The van der Waals surface area contributed by atoms with E-state index in [2.05, 4.69) is 5.10 Å². The third-order valence-electron chi connectivity index (χ3n) is 2.97. The Morgan fingerprint density at radius 2 is 2.06 bits per heavy atom. The van der Waals surface area contributed by atoms with Crippen LogP contribution in [0.25, 0.3) is 10.9 Å². The Bertz CT molecular complexity index is 570. The van der Waals surface area contributed by atoms with Crippen molar-refractivity contribution in [2.45, 2.75) is 25.7 Å². The van der Waals surface area contributed by atoms with Crippen LogP contribution in [0.5, 0.6) is 0 Å². The van der Waals surface area contributed by atoms with Gasteiger partial charge in [0.1, 0.15) is 0 Å². The summed E-state index contributed by atoms with van der Waals surface area (Å²) in [6.07, 6.45) is 0.0938. The van der Waals surface area contributed by atoms with Gasteiger partial charge in [0, 0.05) is 17.8 Å². The molecule has 0 radical (unpaired) electrons. The average Bonchev–Trinajstić information content (AvgIpc) is 2.51. The Balaban J connectivity index is 2.61. The highest BCUT2D eigenvalue weighted by Crippen LogP contribution is 2.32. The fourth-order valence-electron chi connectivity index (χ4n) is 2.41. The molecule has 0 atom stereocenters. The van der Waals surface area contributed by atoms with Crippen LogP contribution in [0.1, 0.15) is 26.0 Å². The van der Waals surface area contributed by atoms with Gasteiger partial charge in [0.05, 0.1) is 17.6 Å². The van der Waals surface area contributed by atoms with Crippen LogP contribution in [0, 0.1) is 0 Å². The maximum absolute atomic E-state index is 10.9. The van der Waals surface area contributed by atoms with Crippen LogP contribution < -0.4 is 0 Å². The van der Waals surface area contributed by atoms with Crippen molar-refractivity contribution in [2.24, 2.45) is 7.05 Å². The number of rotatable bonds is 3. The molecule has 17 heavy (non-hydrogen) atoms. The molecule has 1 heterocycles. The molecule has 90 valence electrons. The van der Waals surface area contributed by atoms with Crippen LogP contribution in [-0.4, -0.2) is 20.9 Å². The van der Waals surface area contributed by atoms with Crippen LogP contribution in [0.2, 0.25) is 0 Å². The predicted molar refractivity (Wildman–Crippen MR) is 66.0 cm³/mol. The van der Waals surface area contributed by atoms with Gasteiger partial charge >= 0.3 is 5.97 Å². The SMILES string of the molecule is Cn1nc2ccccc2c1C(C)(C)CC(=O)O. The van der Waals surface area contributed by atoms with E-state index in [4.69, 9.17) is 5.11 Å². The van der Waals surface area contributed by atoms with Crippen molar-refractivity contribution in [2.75, 3.05) is 0 Å². The molecule has 4 heteroatoms. The van der Waals surface area contributed by atoms with E-state index in [9.17, 15) is 4.79 Å². The van der Waals surface area contributed by atoms with Crippen LogP contribution in [-0.2, 0) is 17.3 Å². The van der Waals surface area contributed by atoms with E-state index in [0.29, 0.717) is 0 Å². The first-order valence-corrected chi connectivity index (χ1v) is 5.56. The Hall–Kier alpha value is -1.84. The molecule has 0 saturated heterocycles. The zero-order valence-corrected chi connectivity index (χ0v) is 10.3. The Kier molecular flexibility index (Phi) is 2.65. The molecule has 0 aliphatic heterocycles. The lowest BCUT2D eigenvalue weighted by Gasteiger charge is -2.23. The van der Waals surface area contributed by atoms with E-state index in [0.717, 1.165) is 16.6 Å². The fraction of sp³-hybridized carbons (Fsp3) is 0.385. The minimum absolute atomic E-state index is 0.0938. The van der Waals surface area contributed by atoms with Gasteiger partial charge in [-0.2, -0.15) is 5.10 Å². The highest BCUT2D eigenvalue weighted by molar-refractivity contribution is 5.83. The van der Waals surface area contributed by atoms with Crippen molar-refractivity contribution in [3.63, 3.8) is 0 Å². The standard InChI is InChI=1S/C13H16N2O2/c1-13(2,8-11(16)17)12-9-6-4-5-7-10(9)14-15(12)3/h4-7H,8H2,1-3H3,(H,16,17). The molecule has 0 fully saturated rings. The monoisotopic (exact) mass is 232 g/mol. The summed E-state index contributed by atoms with van der Waals surface area (Å²) in [5.74, 6) is -0.791. The van der Waals surface area contributed by atoms with Gasteiger partial charge in [0.2, 0.25) is 0 Å². The predicted octanol–water partition coefficient (Wildman–Crippen LogP) is 2.33. The number of fused-ring (bicyclic) bond motifs is 1. The van der Waals surface area contributed by atoms with Crippen molar-refractivity contribution in [3.8, 4) is 0 Å². The number of carbonyl (C=O) groups is 1. The summed E-state index contributed by atoms with van der Waals surface area (Å²) in [7, 11) is 1.86. The third kappa shape index (κ3) is 2.02. The van der Waals surface area contributed by atoms with Gasteiger partial charge in [-0.1, -0.05) is 32.0 Å². The lowest BCUT2D eigenvalue weighted by atomic mass is 9.84. The molecule has 2 rings (SSSR count). The van der Waals surface area contributed by atoms with E-state index in [1.54, 1.807) is 4.68 Å². The Morgan fingerprint density at radius 1 is 1.41 bits per heavy atom. The van der Waals surface area contributed by atoms with Gasteiger partial charge in [0.25, 0.3) is 0 Å². The summed E-state index contributed by atoms with van der Waals surface area (Å²) < 4.78 is 1.79. The summed E-state index contributed by atoms with van der Waals surface area (Å²) in [6, 6.07) is 7.81. The zero-order chi connectivity index (χ0) is 12.6. The molecule has 1 N–H and O–H groups in total. The molecule has 0 aliphatic carbocycles. The molecular weight excluding hydrogens is 216 g/mol. The number of hydrogen-bond acceptors (Lipinski definition) is 2. The largest absolute Gasteiger partial charge is 0.481 e. The summed E-state index contributed by atoms with van der Waals surface area (Å²) in [5.41, 5.74) is 1.44. The first-order chi connectivity index (χ1) is 7.92. The second kappa shape index (κ2) is 3.87. The van der Waals surface area contributed by atoms with Crippen molar-refractivity contribution < 1.29 is 9.90 Å². The maximum Gasteiger partial charge on any atom is 0.304 e. The first-order valence-electron chi connectivity index (χ1n) is 5.56. The van der Waals surface area contributed by atoms with Gasteiger partial charge in [0.15, 0.2) is 0 Å². The number of aliphatic carboxylic acids is 1. The van der Waals surface area contributed by atoms with E-state index >= 15 is 0 Å². The molecule has 1 aromatic carbocycles. The second-order valence-electron chi connectivity index (χ2n) is 4.94. The van der Waals surface area contributed by atoms with Crippen LogP contribution >= 0.6 is 0 Å². The van der Waals surface area contributed by atoms with E-state index in [-0.39, 0.29) is 6.42 Å². The molecular formula is C13H16N2O2. The Labute approximate surface area is 99.9 Å². The van der Waals surface area contributed by atoms with Crippen LogP contribution in [0.15, 0.2) is 24.3 Å². The number of aryl methyl sites for hydroxylation is 1. The second-order valence-corrected chi connectivity index (χ2v) is 4.94. The minimum Gasteiger partial charge on any atom is -0.481 e. The summed E-state index contributed by atoms with van der Waals surface area (Å²) in [6.45, 7) is 3.87. The fourth-order valence-corrected chi connectivity index (χ4v) is 2.41. The van der Waals surface area contributed by atoms with Crippen molar-refractivity contribution in [1.29, 1.82) is 0 Å². The number of carboxylic acid groups (broad SMARTS) is 1. The lowest BCUT2D eigenvalue weighted by molar-refractivity contribution is -0.138. The highest BCUT2D eigenvalue weighted by atomic mass is 16.4. The topological polar surface area (TPSA) is 55.1 Å². The Morgan fingerprint density at radius 3 is 2.71 bits per heavy atom.